The first-order chi connectivity index (χ1) is 16.0. The molecule has 0 amide bonds. The number of piperidine rings is 1. The second-order valence-electron chi connectivity index (χ2n) is 8.02. The van der Waals surface area contributed by atoms with Crippen LogP contribution >= 0.6 is 0 Å². The fourth-order valence-electron chi connectivity index (χ4n) is 3.99. The van der Waals surface area contributed by atoms with E-state index in [1.165, 1.54) is 36.3 Å². The number of carbonyl (C=O) groups excluding carboxylic acids is 1. The molecule has 2 aromatic carbocycles. The van der Waals surface area contributed by atoms with Crippen LogP contribution in [0, 0.1) is 10.1 Å². The zero-order valence-electron chi connectivity index (χ0n) is 18.5. The van der Waals surface area contributed by atoms with Gasteiger partial charge in [0.25, 0.3) is 0 Å². The molecule has 0 saturated carbocycles. The van der Waals surface area contributed by atoms with Crippen LogP contribution in [0.15, 0.2) is 60.9 Å². The summed E-state index contributed by atoms with van der Waals surface area (Å²) in [4.78, 5) is 25.4. The minimum Gasteiger partial charge on any atom is -0.496 e. The summed E-state index contributed by atoms with van der Waals surface area (Å²) in [6, 6.07) is 13.3. The highest BCUT2D eigenvalue weighted by Crippen LogP contribution is 2.23. The average molecular weight is 447 g/mol. The first-order valence-electron chi connectivity index (χ1n) is 10.9. The number of rotatable bonds is 8. The zero-order chi connectivity index (χ0) is 23.2. The molecule has 0 N–H and O–H groups in total. The number of carbonyl (C=O) groups is 1. The Balaban J connectivity index is 1.46. The highest BCUT2D eigenvalue weighted by Gasteiger charge is 2.13. The number of ether oxygens (including phenoxy) is 1. The Hall–Kier alpha value is -3.94. The summed E-state index contributed by atoms with van der Waals surface area (Å²) in [5, 5.41) is 14.9. The second-order valence-corrected chi connectivity index (χ2v) is 8.02. The number of methoxy groups -OCH3 is 1. The SMILES string of the molecule is COc1ccc(/C=C/C(=O)c2ccc(N3CCCCC3)cc2)cc1Cn1cc([N+](=O)[O-])cn1. The molecule has 0 aliphatic carbocycles. The van der Waals surface area contributed by atoms with Crippen molar-refractivity contribution in [1.29, 1.82) is 0 Å². The molecule has 2 heterocycles. The van der Waals surface area contributed by atoms with Crippen LogP contribution in [-0.4, -0.2) is 40.7 Å². The highest BCUT2D eigenvalue weighted by molar-refractivity contribution is 6.07. The van der Waals surface area contributed by atoms with Crippen molar-refractivity contribution in [3.63, 3.8) is 0 Å². The first kappa shape index (κ1) is 22.3. The van der Waals surface area contributed by atoms with Gasteiger partial charge in [0, 0.05) is 29.9 Å². The monoisotopic (exact) mass is 446 g/mol. The lowest BCUT2D eigenvalue weighted by Crippen LogP contribution is -2.29. The van der Waals surface area contributed by atoms with Crippen LogP contribution in [0.4, 0.5) is 11.4 Å². The molecule has 4 rings (SSSR count). The van der Waals surface area contributed by atoms with E-state index in [1.807, 2.05) is 42.5 Å². The van der Waals surface area contributed by atoms with Crippen molar-refractivity contribution in [2.75, 3.05) is 25.1 Å². The maximum atomic E-state index is 12.7. The number of benzene rings is 2. The molecule has 3 aromatic rings. The van der Waals surface area contributed by atoms with Crippen LogP contribution in [0.1, 0.15) is 40.7 Å². The van der Waals surface area contributed by atoms with Gasteiger partial charge in [-0.1, -0.05) is 12.1 Å². The van der Waals surface area contributed by atoms with E-state index in [0.717, 1.165) is 29.9 Å². The lowest BCUT2D eigenvalue weighted by Gasteiger charge is -2.28. The van der Waals surface area contributed by atoms with Crippen LogP contribution in [-0.2, 0) is 6.54 Å². The molecule has 1 saturated heterocycles. The van der Waals surface area contributed by atoms with Gasteiger partial charge in [-0.15, -0.1) is 0 Å². The van der Waals surface area contributed by atoms with Crippen LogP contribution in [0.25, 0.3) is 6.08 Å². The van der Waals surface area contributed by atoms with Gasteiger partial charge in [0.2, 0.25) is 0 Å². The van der Waals surface area contributed by atoms with E-state index in [2.05, 4.69) is 10.00 Å². The fraction of sp³-hybridized carbons (Fsp3) is 0.280. The topological polar surface area (TPSA) is 90.5 Å². The van der Waals surface area contributed by atoms with E-state index in [1.54, 1.807) is 19.3 Å². The molecule has 1 aromatic heterocycles. The third kappa shape index (κ3) is 5.46. The summed E-state index contributed by atoms with van der Waals surface area (Å²) in [6.07, 6.45) is 9.61. The summed E-state index contributed by atoms with van der Waals surface area (Å²) in [5.74, 6) is 0.574. The molecule has 170 valence electrons. The summed E-state index contributed by atoms with van der Waals surface area (Å²) < 4.78 is 6.90. The van der Waals surface area contributed by atoms with Gasteiger partial charge in [-0.05, 0) is 67.3 Å². The third-order valence-corrected chi connectivity index (χ3v) is 5.77. The first-order valence-corrected chi connectivity index (χ1v) is 10.9. The largest absolute Gasteiger partial charge is 0.496 e. The third-order valence-electron chi connectivity index (χ3n) is 5.77. The Labute approximate surface area is 192 Å². The molecule has 8 heteroatoms. The number of ketones is 1. The highest BCUT2D eigenvalue weighted by atomic mass is 16.6. The number of nitro groups is 1. The van der Waals surface area contributed by atoms with Gasteiger partial charge in [-0.2, -0.15) is 5.10 Å². The molecule has 33 heavy (non-hydrogen) atoms. The fourth-order valence-corrected chi connectivity index (χ4v) is 3.99. The van der Waals surface area contributed by atoms with Crippen molar-refractivity contribution in [3.05, 3.63) is 87.7 Å². The van der Waals surface area contributed by atoms with Gasteiger partial charge < -0.3 is 9.64 Å². The summed E-state index contributed by atoms with van der Waals surface area (Å²) in [5.41, 5.74) is 3.36. The Morgan fingerprint density at radius 2 is 1.91 bits per heavy atom. The Morgan fingerprint density at radius 3 is 2.58 bits per heavy atom. The minimum atomic E-state index is -0.482. The van der Waals surface area contributed by atoms with E-state index in [9.17, 15) is 14.9 Å². The molecular formula is C25H26N4O4. The number of allylic oxidation sites excluding steroid dienone is 1. The molecule has 1 aliphatic rings. The Morgan fingerprint density at radius 1 is 1.15 bits per heavy atom. The second kappa shape index (κ2) is 10.1. The van der Waals surface area contributed by atoms with Crippen LogP contribution < -0.4 is 9.64 Å². The summed E-state index contributed by atoms with van der Waals surface area (Å²) in [7, 11) is 1.57. The molecule has 0 bridgehead atoms. The van der Waals surface area contributed by atoms with Crippen molar-refractivity contribution in [3.8, 4) is 5.75 Å². The zero-order valence-corrected chi connectivity index (χ0v) is 18.5. The van der Waals surface area contributed by atoms with E-state index >= 15 is 0 Å². The van der Waals surface area contributed by atoms with E-state index in [0.29, 0.717) is 17.9 Å². The predicted octanol–water partition coefficient (Wildman–Crippen LogP) is 4.73. The lowest BCUT2D eigenvalue weighted by atomic mass is 10.1. The number of anilines is 1. The van der Waals surface area contributed by atoms with Crippen molar-refractivity contribution >= 4 is 23.2 Å². The van der Waals surface area contributed by atoms with Crippen molar-refractivity contribution < 1.29 is 14.5 Å². The number of hydrogen-bond acceptors (Lipinski definition) is 6. The molecule has 8 nitrogen and oxygen atoms in total. The molecule has 1 aliphatic heterocycles. The standard InChI is InChI=1S/C25H26N4O4/c1-33-25-12-6-19(15-21(25)17-28-18-23(16-26-28)29(31)32)5-11-24(30)20-7-9-22(10-8-20)27-13-3-2-4-14-27/h5-12,15-16,18H,2-4,13-14,17H2,1H3/b11-5+. The lowest BCUT2D eigenvalue weighted by molar-refractivity contribution is -0.385. The molecule has 0 radical (unpaired) electrons. The van der Waals surface area contributed by atoms with Crippen molar-refractivity contribution in [2.45, 2.75) is 25.8 Å². The number of hydrogen-bond donors (Lipinski definition) is 0. The van der Waals surface area contributed by atoms with Crippen LogP contribution in [0.5, 0.6) is 5.75 Å². The Bertz CT molecular complexity index is 1160. The maximum Gasteiger partial charge on any atom is 0.307 e. The van der Waals surface area contributed by atoms with Crippen LogP contribution in [0.3, 0.4) is 0 Å². The molecule has 0 spiro atoms. The number of aromatic nitrogens is 2. The van der Waals surface area contributed by atoms with Gasteiger partial charge in [-0.3, -0.25) is 19.6 Å². The smallest absolute Gasteiger partial charge is 0.307 e. The van der Waals surface area contributed by atoms with Gasteiger partial charge >= 0.3 is 5.69 Å². The average Bonchev–Trinajstić information content (AvgIpc) is 3.32. The summed E-state index contributed by atoms with van der Waals surface area (Å²) >= 11 is 0. The van der Waals surface area contributed by atoms with Gasteiger partial charge in [0.15, 0.2) is 5.78 Å². The molecular weight excluding hydrogens is 420 g/mol. The molecule has 1 fully saturated rings. The van der Waals surface area contributed by atoms with Gasteiger partial charge in [0.05, 0.1) is 18.6 Å². The quantitative estimate of drug-likeness (QED) is 0.215. The summed E-state index contributed by atoms with van der Waals surface area (Å²) in [6.45, 7) is 2.45. The van der Waals surface area contributed by atoms with E-state index in [-0.39, 0.29) is 11.5 Å². The van der Waals surface area contributed by atoms with Gasteiger partial charge in [-0.25, -0.2) is 0 Å². The molecule has 0 atom stereocenters. The van der Waals surface area contributed by atoms with Gasteiger partial charge in [0.1, 0.15) is 18.1 Å². The normalized spacial score (nSPS) is 13.9. The Kier molecular flexibility index (Phi) is 6.83. The van der Waals surface area contributed by atoms with Crippen molar-refractivity contribution in [2.24, 2.45) is 0 Å². The van der Waals surface area contributed by atoms with Crippen LogP contribution in [0.2, 0.25) is 0 Å². The minimum absolute atomic E-state index is 0.0677. The van der Waals surface area contributed by atoms with E-state index in [4.69, 9.17) is 4.74 Å². The van der Waals surface area contributed by atoms with Crippen molar-refractivity contribution in [1.82, 2.24) is 9.78 Å². The maximum absolute atomic E-state index is 12.7. The number of nitrogens with zero attached hydrogens (tertiary/aromatic N) is 4. The van der Waals surface area contributed by atoms with E-state index < -0.39 is 4.92 Å². The molecule has 0 unspecified atom stereocenters. The predicted molar refractivity (Wildman–Crippen MR) is 127 cm³/mol.